The molecule has 0 aliphatic heterocycles. The summed E-state index contributed by atoms with van der Waals surface area (Å²) in [6.45, 7) is -0.212. The van der Waals surface area contributed by atoms with Crippen LogP contribution in [0.15, 0.2) is 18.2 Å². The lowest BCUT2D eigenvalue weighted by Crippen LogP contribution is -2.20. The van der Waals surface area contributed by atoms with Crippen molar-refractivity contribution in [2.24, 2.45) is 0 Å². The van der Waals surface area contributed by atoms with E-state index in [1.54, 1.807) is 6.07 Å². The van der Waals surface area contributed by atoms with Crippen molar-refractivity contribution in [3.63, 3.8) is 0 Å². The van der Waals surface area contributed by atoms with Gasteiger partial charge in [-0.25, -0.2) is 4.98 Å². The molecule has 0 spiro atoms. The molecule has 80 valence electrons. The molecule has 1 heterocycles. The van der Waals surface area contributed by atoms with E-state index in [0.29, 0.717) is 0 Å². The molecule has 0 fully saturated rings. The lowest BCUT2D eigenvalue weighted by atomic mass is 10.1. The fourth-order valence-corrected chi connectivity index (χ4v) is 1.17. The Balaban J connectivity index is 2.82. The number of hydrogen-bond donors (Lipinski definition) is 3. The van der Waals surface area contributed by atoms with E-state index in [0.717, 1.165) is 0 Å². The summed E-state index contributed by atoms with van der Waals surface area (Å²) < 4.78 is 0. The molecule has 2 unspecified atom stereocenters. The molecule has 1 aromatic rings. The minimum atomic E-state index is -1.18. The number of pyridine rings is 1. The summed E-state index contributed by atoms with van der Waals surface area (Å²) in [6, 6.07) is 6.45. The van der Waals surface area contributed by atoms with Crippen molar-refractivity contribution in [2.45, 2.75) is 18.6 Å². The van der Waals surface area contributed by atoms with Crippen molar-refractivity contribution in [3.8, 4) is 6.07 Å². The normalized spacial score (nSPS) is 14.3. The third-order valence-corrected chi connectivity index (χ3v) is 1.98. The first-order valence-electron chi connectivity index (χ1n) is 4.53. The summed E-state index contributed by atoms with van der Waals surface area (Å²) in [5.41, 5.74) is 0.415. The zero-order valence-corrected chi connectivity index (χ0v) is 8.04. The van der Waals surface area contributed by atoms with Gasteiger partial charge in [0.15, 0.2) is 0 Å². The minimum absolute atomic E-state index is 0.0691. The Labute approximate surface area is 87.3 Å². The second-order valence-electron chi connectivity index (χ2n) is 3.08. The minimum Gasteiger partial charge on any atom is -0.396 e. The van der Waals surface area contributed by atoms with Gasteiger partial charge in [0, 0.05) is 6.61 Å². The van der Waals surface area contributed by atoms with Gasteiger partial charge in [0.05, 0.1) is 11.8 Å². The molecular formula is C10H12N2O3. The standard InChI is InChI=1S/C10H12N2O3/c11-6-7-2-1-3-8(12-7)10(15)9(14)4-5-13/h1-3,9-10,13-15H,4-5H2. The van der Waals surface area contributed by atoms with Crippen LogP contribution >= 0.6 is 0 Å². The van der Waals surface area contributed by atoms with Crippen molar-refractivity contribution >= 4 is 0 Å². The molecule has 3 N–H and O–H groups in total. The molecule has 1 aromatic heterocycles. The summed E-state index contributed by atoms with van der Waals surface area (Å²) in [7, 11) is 0. The first kappa shape index (κ1) is 11.6. The van der Waals surface area contributed by atoms with Gasteiger partial charge < -0.3 is 15.3 Å². The highest BCUT2D eigenvalue weighted by atomic mass is 16.3. The number of hydrogen-bond acceptors (Lipinski definition) is 5. The molecule has 0 bridgehead atoms. The predicted molar refractivity (Wildman–Crippen MR) is 51.6 cm³/mol. The third kappa shape index (κ3) is 2.99. The average Bonchev–Trinajstić information content (AvgIpc) is 2.28. The second-order valence-corrected chi connectivity index (χ2v) is 3.08. The smallest absolute Gasteiger partial charge is 0.140 e. The molecule has 0 amide bonds. The number of nitriles is 1. The van der Waals surface area contributed by atoms with Crippen molar-refractivity contribution in [1.82, 2.24) is 4.98 Å². The van der Waals surface area contributed by atoms with Crippen LogP contribution in [0.2, 0.25) is 0 Å². The van der Waals surface area contributed by atoms with Crippen LogP contribution in [0.25, 0.3) is 0 Å². The Kier molecular flexibility index (Phi) is 4.18. The number of rotatable bonds is 4. The van der Waals surface area contributed by atoms with E-state index in [2.05, 4.69) is 4.98 Å². The largest absolute Gasteiger partial charge is 0.396 e. The molecule has 0 aromatic carbocycles. The van der Waals surface area contributed by atoms with Crippen LogP contribution in [0.1, 0.15) is 23.9 Å². The van der Waals surface area contributed by atoms with Gasteiger partial charge in [0.2, 0.25) is 0 Å². The highest BCUT2D eigenvalue weighted by Crippen LogP contribution is 2.16. The molecule has 0 saturated heterocycles. The van der Waals surface area contributed by atoms with Gasteiger partial charge in [0.1, 0.15) is 17.9 Å². The van der Waals surface area contributed by atoms with Crippen molar-refractivity contribution in [3.05, 3.63) is 29.6 Å². The summed E-state index contributed by atoms with van der Waals surface area (Å²) in [6.07, 6.45) is -2.18. The molecule has 5 heteroatoms. The Morgan fingerprint density at radius 2 is 2.13 bits per heavy atom. The molecule has 1 rings (SSSR count). The van der Waals surface area contributed by atoms with Crippen LogP contribution in [-0.2, 0) is 0 Å². The van der Waals surface area contributed by atoms with E-state index in [4.69, 9.17) is 10.4 Å². The van der Waals surface area contributed by atoms with Gasteiger partial charge in [-0.2, -0.15) is 5.26 Å². The molecular weight excluding hydrogens is 196 g/mol. The quantitative estimate of drug-likeness (QED) is 0.632. The van der Waals surface area contributed by atoms with Gasteiger partial charge >= 0.3 is 0 Å². The van der Waals surface area contributed by atoms with Crippen molar-refractivity contribution in [2.75, 3.05) is 6.61 Å². The van der Waals surface area contributed by atoms with Crippen LogP contribution in [0.5, 0.6) is 0 Å². The number of aromatic nitrogens is 1. The van der Waals surface area contributed by atoms with Crippen molar-refractivity contribution in [1.29, 1.82) is 5.26 Å². The Bertz CT molecular complexity index is 362. The Morgan fingerprint density at radius 1 is 1.40 bits per heavy atom. The molecule has 0 radical (unpaired) electrons. The molecule has 0 aliphatic rings. The zero-order valence-electron chi connectivity index (χ0n) is 8.04. The molecule has 15 heavy (non-hydrogen) atoms. The van der Waals surface area contributed by atoms with Crippen LogP contribution in [0.4, 0.5) is 0 Å². The topological polar surface area (TPSA) is 97.4 Å². The first-order chi connectivity index (χ1) is 7.19. The fourth-order valence-electron chi connectivity index (χ4n) is 1.17. The monoisotopic (exact) mass is 208 g/mol. The SMILES string of the molecule is N#Cc1cccc(C(O)C(O)CCO)n1. The van der Waals surface area contributed by atoms with Crippen LogP contribution in [-0.4, -0.2) is 33.0 Å². The van der Waals surface area contributed by atoms with Crippen LogP contribution in [0.3, 0.4) is 0 Å². The lowest BCUT2D eigenvalue weighted by molar-refractivity contribution is 0.00189. The highest BCUT2D eigenvalue weighted by molar-refractivity contribution is 5.23. The lowest BCUT2D eigenvalue weighted by Gasteiger charge is -2.16. The molecule has 0 saturated carbocycles. The fraction of sp³-hybridized carbons (Fsp3) is 0.400. The van der Waals surface area contributed by atoms with Crippen molar-refractivity contribution < 1.29 is 15.3 Å². The van der Waals surface area contributed by atoms with Crippen LogP contribution < -0.4 is 0 Å². The Morgan fingerprint density at radius 3 is 2.73 bits per heavy atom. The average molecular weight is 208 g/mol. The van der Waals surface area contributed by atoms with E-state index < -0.39 is 12.2 Å². The summed E-state index contributed by atoms with van der Waals surface area (Å²) >= 11 is 0. The van der Waals surface area contributed by atoms with Gasteiger partial charge in [0.25, 0.3) is 0 Å². The number of nitrogens with zero attached hydrogens (tertiary/aromatic N) is 2. The maximum atomic E-state index is 9.61. The van der Waals surface area contributed by atoms with E-state index in [9.17, 15) is 10.2 Å². The van der Waals surface area contributed by atoms with Gasteiger partial charge in [-0.3, -0.25) is 0 Å². The number of aliphatic hydroxyl groups is 3. The van der Waals surface area contributed by atoms with E-state index in [1.165, 1.54) is 12.1 Å². The van der Waals surface area contributed by atoms with Gasteiger partial charge in [-0.05, 0) is 18.6 Å². The van der Waals surface area contributed by atoms with E-state index >= 15 is 0 Å². The molecule has 2 atom stereocenters. The first-order valence-corrected chi connectivity index (χ1v) is 4.53. The maximum Gasteiger partial charge on any atom is 0.140 e. The third-order valence-electron chi connectivity index (χ3n) is 1.98. The van der Waals surface area contributed by atoms with Gasteiger partial charge in [-0.15, -0.1) is 0 Å². The Hall–Kier alpha value is -1.48. The number of aliphatic hydroxyl groups excluding tert-OH is 3. The van der Waals surface area contributed by atoms with E-state index in [1.807, 2.05) is 6.07 Å². The zero-order chi connectivity index (χ0) is 11.3. The summed E-state index contributed by atoms with van der Waals surface area (Å²) in [5.74, 6) is 0. The second kappa shape index (κ2) is 5.41. The molecule has 0 aliphatic carbocycles. The molecule has 5 nitrogen and oxygen atoms in total. The maximum absolute atomic E-state index is 9.61. The predicted octanol–water partition coefficient (Wildman–Crippen LogP) is -0.270. The van der Waals surface area contributed by atoms with Crippen LogP contribution in [0, 0.1) is 11.3 Å². The summed E-state index contributed by atoms with van der Waals surface area (Å²) in [5, 5.41) is 36.2. The van der Waals surface area contributed by atoms with Gasteiger partial charge in [-0.1, -0.05) is 6.07 Å². The summed E-state index contributed by atoms with van der Waals surface area (Å²) in [4.78, 5) is 3.84. The van der Waals surface area contributed by atoms with E-state index in [-0.39, 0.29) is 24.4 Å². The highest BCUT2D eigenvalue weighted by Gasteiger charge is 2.19.